The predicted molar refractivity (Wildman–Crippen MR) is 89.6 cm³/mol. The molecule has 1 rings (SSSR count). The molecular weight excluding hydrogens is 300 g/mol. The number of carbonyl (C=O) groups excluding carboxylic acids is 2. The van der Waals surface area contributed by atoms with Gasteiger partial charge in [0.2, 0.25) is 0 Å². The molecule has 0 heterocycles. The number of hydrogen-bond acceptors (Lipinski definition) is 2. The Morgan fingerprint density at radius 1 is 1.09 bits per heavy atom. The zero-order chi connectivity index (χ0) is 16.4. The van der Waals surface area contributed by atoms with Crippen LogP contribution in [0.15, 0.2) is 24.3 Å². The summed E-state index contributed by atoms with van der Waals surface area (Å²) in [7, 11) is 0. The minimum absolute atomic E-state index is 0.316. The highest BCUT2D eigenvalue weighted by Gasteiger charge is 2.14. The SMILES string of the molecule is CCCCC(CC)CNC(=O)C(=O)NCc1ccc(Cl)cc1. The van der Waals surface area contributed by atoms with Crippen LogP contribution in [0.2, 0.25) is 5.02 Å². The van der Waals surface area contributed by atoms with Crippen molar-refractivity contribution in [1.29, 1.82) is 0 Å². The fraction of sp³-hybridized carbons (Fsp3) is 0.529. The Morgan fingerprint density at radius 3 is 2.32 bits per heavy atom. The third-order valence-corrected chi connectivity index (χ3v) is 3.92. The van der Waals surface area contributed by atoms with Crippen molar-refractivity contribution in [1.82, 2.24) is 10.6 Å². The van der Waals surface area contributed by atoms with E-state index < -0.39 is 11.8 Å². The van der Waals surface area contributed by atoms with Gasteiger partial charge in [0.15, 0.2) is 0 Å². The van der Waals surface area contributed by atoms with Crippen molar-refractivity contribution in [3.63, 3.8) is 0 Å². The van der Waals surface area contributed by atoms with Crippen molar-refractivity contribution in [3.8, 4) is 0 Å². The number of unbranched alkanes of at least 4 members (excludes halogenated alkanes) is 1. The third-order valence-electron chi connectivity index (χ3n) is 3.67. The minimum atomic E-state index is -0.597. The molecule has 0 spiro atoms. The normalized spacial score (nSPS) is 11.8. The zero-order valence-corrected chi connectivity index (χ0v) is 14.1. The smallest absolute Gasteiger partial charge is 0.309 e. The second-order valence-corrected chi connectivity index (χ2v) is 5.87. The van der Waals surface area contributed by atoms with E-state index in [0.29, 0.717) is 24.0 Å². The molecule has 5 heteroatoms. The Morgan fingerprint density at radius 2 is 1.73 bits per heavy atom. The van der Waals surface area contributed by atoms with Crippen molar-refractivity contribution in [2.75, 3.05) is 6.54 Å². The van der Waals surface area contributed by atoms with E-state index in [9.17, 15) is 9.59 Å². The van der Waals surface area contributed by atoms with Gasteiger partial charge in [0.25, 0.3) is 0 Å². The van der Waals surface area contributed by atoms with E-state index >= 15 is 0 Å². The summed E-state index contributed by atoms with van der Waals surface area (Å²) >= 11 is 5.79. The highest BCUT2D eigenvalue weighted by Crippen LogP contribution is 2.11. The van der Waals surface area contributed by atoms with E-state index in [-0.39, 0.29) is 0 Å². The Labute approximate surface area is 137 Å². The fourth-order valence-electron chi connectivity index (χ4n) is 2.13. The first kappa shape index (κ1) is 18.5. The van der Waals surface area contributed by atoms with Crippen molar-refractivity contribution in [2.45, 2.75) is 46.1 Å². The van der Waals surface area contributed by atoms with Crippen molar-refractivity contribution in [2.24, 2.45) is 5.92 Å². The topological polar surface area (TPSA) is 58.2 Å². The summed E-state index contributed by atoms with van der Waals surface area (Å²) in [5.74, 6) is -0.725. The van der Waals surface area contributed by atoms with Gasteiger partial charge in [0, 0.05) is 18.1 Å². The molecular formula is C17H25ClN2O2. The molecule has 1 aromatic carbocycles. The molecule has 0 aliphatic carbocycles. The maximum atomic E-state index is 11.8. The Kier molecular flexibility index (Phi) is 8.60. The first-order valence-corrected chi connectivity index (χ1v) is 8.25. The molecule has 0 saturated carbocycles. The number of hydrogen-bond donors (Lipinski definition) is 2. The van der Waals surface area contributed by atoms with Gasteiger partial charge in [-0.2, -0.15) is 0 Å². The van der Waals surface area contributed by atoms with Crippen molar-refractivity contribution < 1.29 is 9.59 Å². The van der Waals surface area contributed by atoms with Gasteiger partial charge in [-0.05, 0) is 30.0 Å². The van der Waals surface area contributed by atoms with Gasteiger partial charge in [0.05, 0.1) is 0 Å². The van der Waals surface area contributed by atoms with Crippen LogP contribution < -0.4 is 10.6 Å². The highest BCUT2D eigenvalue weighted by molar-refractivity contribution is 6.35. The van der Waals surface area contributed by atoms with Crippen LogP contribution in [0.5, 0.6) is 0 Å². The molecule has 0 aliphatic heterocycles. The van der Waals surface area contributed by atoms with Crippen molar-refractivity contribution in [3.05, 3.63) is 34.9 Å². The lowest BCUT2D eigenvalue weighted by molar-refractivity contribution is -0.139. The minimum Gasteiger partial charge on any atom is -0.348 e. The second-order valence-electron chi connectivity index (χ2n) is 5.44. The summed E-state index contributed by atoms with van der Waals surface area (Å²) in [6.45, 7) is 5.13. The number of amides is 2. The summed E-state index contributed by atoms with van der Waals surface area (Å²) in [6, 6.07) is 7.14. The Balaban J connectivity index is 2.32. The van der Waals surface area contributed by atoms with Crippen LogP contribution in [0.3, 0.4) is 0 Å². The molecule has 0 fully saturated rings. The van der Waals surface area contributed by atoms with Crippen LogP contribution in [0, 0.1) is 5.92 Å². The summed E-state index contributed by atoms with van der Waals surface area (Å²) in [6.07, 6.45) is 4.38. The number of benzene rings is 1. The average molecular weight is 325 g/mol. The molecule has 1 atom stereocenters. The van der Waals surface area contributed by atoms with Gasteiger partial charge in [-0.25, -0.2) is 0 Å². The lowest BCUT2D eigenvalue weighted by atomic mass is 9.99. The van der Waals surface area contributed by atoms with E-state index in [2.05, 4.69) is 24.5 Å². The summed E-state index contributed by atoms with van der Waals surface area (Å²) < 4.78 is 0. The van der Waals surface area contributed by atoms with Crippen LogP contribution in [0.4, 0.5) is 0 Å². The van der Waals surface area contributed by atoms with Crippen molar-refractivity contribution >= 4 is 23.4 Å². The predicted octanol–water partition coefficient (Wildman–Crippen LogP) is 3.29. The van der Waals surface area contributed by atoms with Gasteiger partial charge < -0.3 is 10.6 Å². The van der Waals surface area contributed by atoms with Gasteiger partial charge in [0.1, 0.15) is 0 Å². The van der Waals surface area contributed by atoms with Crippen LogP contribution in [0.25, 0.3) is 0 Å². The number of rotatable bonds is 8. The van der Waals surface area contributed by atoms with Crippen LogP contribution >= 0.6 is 11.6 Å². The molecule has 0 radical (unpaired) electrons. The molecule has 122 valence electrons. The molecule has 0 aromatic heterocycles. The first-order chi connectivity index (χ1) is 10.6. The largest absolute Gasteiger partial charge is 0.348 e. The maximum absolute atomic E-state index is 11.8. The average Bonchev–Trinajstić information content (AvgIpc) is 2.54. The third kappa shape index (κ3) is 6.94. The second kappa shape index (κ2) is 10.2. The molecule has 1 unspecified atom stereocenters. The molecule has 0 bridgehead atoms. The summed E-state index contributed by atoms with van der Waals surface area (Å²) in [5, 5.41) is 5.97. The highest BCUT2D eigenvalue weighted by atomic mass is 35.5. The molecule has 2 N–H and O–H groups in total. The molecule has 0 aliphatic rings. The lowest BCUT2D eigenvalue weighted by Crippen LogP contribution is -2.41. The van der Waals surface area contributed by atoms with E-state index in [1.54, 1.807) is 12.1 Å². The standard InChI is InChI=1S/C17H25ClN2O2/c1-3-5-6-13(4-2)11-19-16(21)17(22)20-12-14-7-9-15(18)10-8-14/h7-10,13H,3-6,11-12H2,1-2H3,(H,19,21)(H,20,22). The van der Waals surface area contributed by atoms with Gasteiger partial charge in [-0.1, -0.05) is 56.8 Å². The number of nitrogens with one attached hydrogen (secondary N) is 2. The van der Waals surface area contributed by atoms with E-state index in [0.717, 1.165) is 31.2 Å². The zero-order valence-electron chi connectivity index (χ0n) is 13.3. The van der Waals surface area contributed by atoms with Gasteiger partial charge >= 0.3 is 11.8 Å². The van der Waals surface area contributed by atoms with Crippen LogP contribution in [-0.2, 0) is 16.1 Å². The quantitative estimate of drug-likeness (QED) is 0.721. The fourth-order valence-corrected chi connectivity index (χ4v) is 2.25. The van der Waals surface area contributed by atoms with E-state index in [1.165, 1.54) is 0 Å². The van der Waals surface area contributed by atoms with E-state index in [1.807, 2.05) is 12.1 Å². The molecule has 0 saturated heterocycles. The molecule has 22 heavy (non-hydrogen) atoms. The Bertz CT molecular complexity index is 474. The lowest BCUT2D eigenvalue weighted by Gasteiger charge is -2.15. The van der Waals surface area contributed by atoms with Crippen LogP contribution in [-0.4, -0.2) is 18.4 Å². The first-order valence-electron chi connectivity index (χ1n) is 7.87. The Hall–Kier alpha value is -1.55. The summed E-state index contributed by atoms with van der Waals surface area (Å²) in [5.41, 5.74) is 0.903. The monoisotopic (exact) mass is 324 g/mol. The maximum Gasteiger partial charge on any atom is 0.309 e. The molecule has 2 amide bonds. The molecule has 1 aromatic rings. The van der Waals surface area contributed by atoms with Gasteiger partial charge in [-0.15, -0.1) is 0 Å². The number of carbonyl (C=O) groups is 2. The molecule has 4 nitrogen and oxygen atoms in total. The van der Waals surface area contributed by atoms with E-state index in [4.69, 9.17) is 11.6 Å². The van der Waals surface area contributed by atoms with Gasteiger partial charge in [-0.3, -0.25) is 9.59 Å². The summed E-state index contributed by atoms with van der Waals surface area (Å²) in [4.78, 5) is 23.5. The number of halogens is 1. The van der Waals surface area contributed by atoms with Crippen LogP contribution in [0.1, 0.15) is 45.1 Å².